The Morgan fingerprint density at radius 2 is 2.43 bits per heavy atom. The molecule has 1 aliphatic rings. The average Bonchev–Trinajstić information content (AvgIpc) is 2.59. The van der Waals surface area contributed by atoms with E-state index in [9.17, 15) is 4.79 Å². The molecule has 0 spiro atoms. The maximum atomic E-state index is 11.2. The maximum absolute atomic E-state index is 11.2. The predicted octanol–water partition coefficient (Wildman–Crippen LogP) is 0.745. The van der Waals surface area contributed by atoms with E-state index < -0.39 is 6.10 Å². The van der Waals surface area contributed by atoms with Crippen LogP contribution in [0, 0.1) is 0 Å². The third-order valence-electron chi connectivity index (χ3n) is 2.22. The standard InChI is InChI=1S/C10H11NO3/c1-13-10(12)9-5-6-4-7(11)2-3-8(6)14-9/h2-4,9H,5,11H2,1H3. The predicted molar refractivity (Wildman–Crippen MR) is 51.0 cm³/mol. The number of methoxy groups -OCH3 is 1. The fourth-order valence-electron chi connectivity index (χ4n) is 1.53. The Balaban J connectivity index is 2.22. The molecule has 4 heteroatoms. The van der Waals surface area contributed by atoms with Gasteiger partial charge in [0.2, 0.25) is 0 Å². The second-order valence-electron chi connectivity index (χ2n) is 3.20. The van der Waals surface area contributed by atoms with Gasteiger partial charge >= 0.3 is 5.97 Å². The highest BCUT2D eigenvalue weighted by Crippen LogP contribution is 2.30. The number of nitrogens with two attached hydrogens (primary N) is 1. The number of hydrogen-bond donors (Lipinski definition) is 1. The zero-order chi connectivity index (χ0) is 10.1. The molecule has 4 nitrogen and oxygen atoms in total. The van der Waals surface area contributed by atoms with E-state index in [1.165, 1.54) is 7.11 Å². The van der Waals surface area contributed by atoms with Gasteiger partial charge < -0.3 is 15.2 Å². The van der Waals surface area contributed by atoms with Crippen LogP contribution in [0.4, 0.5) is 5.69 Å². The minimum absolute atomic E-state index is 0.347. The van der Waals surface area contributed by atoms with Gasteiger partial charge in [-0.1, -0.05) is 0 Å². The number of nitrogen functional groups attached to an aromatic ring is 1. The Kier molecular flexibility index (Phi) is 2.04. The van der Waals surface area contributed by atoms with Gasteiger partial charge in [-0.25, -0.2) is 4.79 Å². The number of benzene rings is 1. The molecule has 0 saturated carbocycles. The van der Waals surface area contributed by atoms with Gasteiger partial charge in [-0.2, -0.15) is 0 Å². The number of esters is 1. The van der Waals surface area contributed by atoms with Crippen molar-refractivity contribution in [3.8, 4) is 5.75 Å². The monoisotopic (exact) mass is 193 g/mol. The number of carbonyl (C=O) groups is 1. The van der Waals surface area contributed by atoms with E-state index in [4.69, 9.17) is 10.5 Å². The van der Waals surface area contributed by atoms with E-state index >= 15 is 0 Å². The van der Waals surface area contributed by atoms with Crippen LogP contribution in [-0.2, 0) is 16.0 Å². The van der Waals surface area contributed by atoms with Crippen LogP contribution in [0.15, 0.2) is 18.2 Å². The summed E-state index contributed by atoms with van der Waals surface area (Å²) >= 11 is 0. The minimum atomic E-state index is -0.517. The van der Waals surface area contributed by atoms with E-state index in [1.54, 1.807) is 12.1 Å². The zero-order valence-electron chi connectivity index (χ0n) is 7.82. The highest BCUT2D eigenvalue weighted by atomic mass is 16.6. The molecule has 1 aromatic carbocycles. The second-order valence-corrected chi connectivity index (χ2v) is 3.20. The molecule has 0 bridgehead atoms. The summed E-state index contributed by atoms with van der Waals surface area (Å²) in [6, 6.07) is 5.34. The zero-order valence-corrected chi connectivity index (χ0v) is 7.82. The summed E-state index contributed by atoms with van der Waals surface area (Å²) in [5.41, 5.74) is 7.25. The number of ether oxygens (including phenoxy) is 2. The summed E-state index contributed by atoms with van der Waals surface area (Å²) in [6.45, 7) is 0. The number of rotatable bonds is 1. The highest BCUT2D eigenvalue weighted by Gasteiger charge is 2.29. The highest BCUT2D eigenvalue weighted by molar-refractivity contribution is 5.77. The van der Waals surface area contributed by atoms with Crippen molar-refractivity contribution in [2.45, 2.75) is 12.5 Å². The topological polar surface area (TPSA) is 61.5 Å². The molecule has 0 aromatic heterocycles. The molecule has 2 N–H and O–H groups in total. The molecule has 0 radical (unpaired) electrons. The third kappa shape index (κ3) is 1.39. The SMILES string of the molecule is COC(=O)C1Cc2cc(N)ccc2O1. The number of hydrogen-bond acceptors (Lipinski definition) is 4. The molecule has 0 fully saturated rings. The van der Waals surface area contributed by atoms with Crippen LogP contribution in [0.5, 0.6) is 5.75 Å². The van der Waals surface area contributed by atoms with Crippen LogP contribution >= 0.6 is 0 Å². The molecule has 1 aromatic rings. The summed E-state index contributed by atoms with van der Waals surface area (Å²) < 4.78 is 9.98. The van der Waals surface area contributed by atoms with E-state index in [0.29, 0.717) is 12.1 Å². The Hall–Kier alpha value is -1.71. The van der Waals surface area contributed by atoms with Gasteiger partial charge in [-0.15, -0.1) is 0 Å². The van der Waals surface area contributed by atoms with Gasteiger partial charge in [0, 0.05) is 17.7 Å². The van der Waals surface area contributed by atoms with Crippen molar-refractivity contribution < 1.29 is 14.3 Å². The molecule has 2 rings (SSSR count). The summed E-state index contributed by atoms with van der Waals surface area (Å²) in [5, 5.41) is 0. The van der Waals surface area contributed by atoms with Crippen molar-refractivity contribution in [2.75, 3.05) is 12.8 Å². The molecule has 14 heavy (non-hydrogen) atoms. The molecule has 74 valence electrons. The Morgan fingerprint density at radius 3 is 3.14 bits per heavy atom. The Morgan fingerprint density at radius 1 is 1.64 bits per heavy atom. The van der Waals surface area contributed by atoms with Gasteiger partial charge in [0.05, 0.1) is 7.11 Å². The molecule has 1 unspecified atom stereocenters. The van der Waals surface area contributed by atoms with Crippen LogP contribution in [-0.4, -0.2) is 19.2 Å². The third-order valence-corrected chi connectivity index (χ3v) is 2.22. The molecule has 0 amide bonds. The van der Waals surface area contributed by atoms with E-state index in [1.807, 2.05) is 6.07 Å². The quantitative estimate of drug-likeness (QED) is 0.528. The van der Waals surface area contributed by atoms with Crippen molar-refractivity contribution in [3.05, 3.63) is 23.8 Å². The van der Waals surface area contributed by atoms with Crippen molar-refractivity contribution in [1.29, 1.82) is 0 Å². The van der Waals surface area contributed by atoms with Crippen LogP contribution in [0.25, 0.3) is 0 Å². The van der Waals surface area contributed by atoms with Gasteiger partial charge in [0.1, 0.15) is 5.75 Å². The Bertz CT molecular complexity index is 376. The summed E-state index contributed by atoms with van der Waals surface area (Å²) in [4.78, 5) is 11.2. The van der Waals surface area contributed by atoms with Gasteiger partial charge in [0.25, 0.3) is 0 Å². The smallest absolute Gasteiger partial charge is 0.347 e. The molecule has 1 atom stereocenters. The first-order chi connectivity index (χ1) is 6.70. The first-order valence-electron chi connectivity index (χ1n) is 4.33. The van der Waals surface area contributed by atoms with Crippen molar-refractivity contribution in [2.24, 2.45) is 0 Å². The van der Waals surface area contributed by atoms with Gasteiger partial charge in [-0.3, -0.25) is 0 Å². The van der Waals surface area contributed by atoms with Crippen LogP contribution in [0.1, 0.15) is 5.56 Å². The first-order valence-corrected chi connectivity index (χ1v) is 4.33. The van der Waals surface area contributed by atoms with Crippen LogP contribution in [0.3, 0.4) is 0 Å². The molecule has 0 saturated heterocycles. The number of anilines is 1. The summed E-state index contributed by atoms with van der Waals surface area (Å²) in [5.74, 6) is 0.370. The molecule has 1 aliphatic heterocycles. The fourth-order valence-corrected chi connectivity index (χ4v) is 1.53. The van der Waals surface area contributed by atoms with E-state index in [0.717, 1.165) is 11.3 Å². The van der Waals surface area contributed by atoms with Crippen LogP contribution in [0.2, 0.25) is 0 Å². The van der Waals surface area contributed by atoms with Gasteiger partial charge in [0.15, 0.2) is 6.10 Å². The number of carbonyl (C=O) groups excluding carboxylic acids is 1. The lowest BCUT2D eigenvalue weighted by atomic mass is 10.1. The lowest BCUT2D eigenvalue weighted by molar-refractivity contribution is -0.147. The second kappa shape index (κ2) is 3.21. The van der Waals surface area contributed by atoms with E-state index in [2.05, 4.69) is 4.74 Å². The summed E-state index contributed by atoms with van der Waals surface area (Å²) in [6.07, 6.45) is 0.0179. The summed E-state index contributed by atoms with van der Waals surface area (Å²) in [7, 11) is 1.35. The van der Waals surface area contributed by atoms with Crippen molar-refractivity contribution in [3.63, 3.8) is 0 Å². The lowest BCUT2D eigenvalue weighted by Gasteiger charge is -2.06. The van der Waals surface area contributed by atoms with Crippen LogP contribution < -0.4 is 10.5 Å². The fraction of sp³-hybridized carbons (Fsp3) is 0.300. The van der Waals surface area contributed by atoms with Crippen molar-refractivity contribution >= 4 is 11.7 Å². The molecule has 0 aliphatic carbocycles. The average molecular weight is 193 g/mol. The lowest BCUT2D eigenvalue weighted by Crippen LogP contribution is -2.26. The normalized spacial score (nSPS) is 18.5. The maximum Gasteiger partial charge on any atom is 0.347 e. The first kappa shape index (κ1) is 8.87. The molecular weight excluding hydrogens is 182 g/mol. The molecular formula is C10H11NO3. The van der Waals surface area contributed by atoms with Crippen molar-refractivity contribution in [1.82, 2.24) is 0 Å². The number of fused-ring (bicyclic) bond motifs is 1. The van der Waals surface area contributed by atoms with Gasteiger partial charge in [-0.05, 0) is 18.2 Å². The Labute approximate surface area is 81.6 Å². The largest absolute Gasteiger partial charge is 0.478 e. The minimum Gasteiger partial charge on any atom is -0.478 e. The molecule has 1 heterocycles. The van der Waals surface area contributed by atoms with E-state index in [-0.39, 0.29) is 5.97 Å².